The number of nitrogens with one attached hydrogen (secondary N) is 2. The minimum absolute atomic E-state index is 0.662. The zero-order valence-electron chi connectivity index (χ0n) is 10.0. The van der Waals surface area contributed by atoms with E-state index in [4.69, 9.17) is 0 Å². The van der Waals surface area contributed by atoms with Gasteiger partial charge < -0.3 is 10.6 Å². The fraction of sp³-hybridized carbons (Fsp3) is 0.583. The molecule has 1 saturated carbocycles. The highest BCUT2D eigenvalue weighted by Gasteiger charge is 2.21. The van der Waals surface area contributed by atoms with Gasteiger partial charge in [0.05, 0.1) is 2.88 Å². The highest BCUT2D eigenvalue weighted by atomic mass is 127. The maximum absolute atomic E-state index is 4.60. The molecule has 1 aliphatic rings. The van der Waals surface area contributed by atoms with E-state index in [1.807, 2.05) is 11.3 Å². The Labute approximate surface area is 120 Å². The van der Waals surface area contributed by atoms with Crippen molar-refractivity contribution < 1.29 is 0 Å². The Bertz CT molecular complexity index is 385. The summed E-state index contributed by atoms with van der Waals surface area (Å²) in [5.74, 6) is 0.973. The Kier molecular flexibility index (Phi) is 5.09. The molecule has 0 unspecified atom stereocenters. The molecule has 1 aromatic heterocycles. The van der Waals surface area contributed by atoms with Gasteiger partial charge in [-0.2, -0.15) is 0 Å². The van der Waals surface area contributed by atoms with Crippen molar-refractivity contribution in [2.45, 2.75) is 32.2 Å². The maximum Gasteiger partial charge on any atom is 0.191 e. The van der Waals surface area contributed by atoms with Crippen molar-refractivity contribution in [2.24, 2.45) is 4.99 Å². The summed E-state index contributed by atoms with van der Waals surface area (Å²) in [6.45, 7) is 3.89. The average molecular weight is 363 g/mol. The summed E-state index contributed by atoms with van der Waals surface area (Å²) < 4.78 is 1.35. The van der Waals surface area contributed by atoms with Crippen LogP contribution in [0.1, 0.15) is 24.6 Å². The second kappa shape index (κ2) is 6.58. The van der Waals surface area contributed by atoms with Crippen molar-refractivity contribution in [1.29, 1.82) is 0 Å². The highest BCUT2D eigenvalue weighted by Crippen LogP contribution is 2.19. The molecule has 1 heterocycles. The zero-order chi connectivity index (χ0) is 12.1. The van der Waals surface area contributed by atoms with E-state index in [2.05, 4.69) is 57.3 Å². The number of nitrogens with zero attached hydrogens (tertiary/aromatic N) is 1. The first-order chi connectivity index (χ1) is 8.28. The molecule has 1 aliphatic carbocycles. The molecular formula is C12H18IN3S. The summed E-state index contributed by atoms with van der Waals surface area (Å²) in [5.41, 5.74) is 0. The van der Waals surface area contributed by atoms with Crippen LogP contribution in [-0.4, -0.2) is 25.1 Å². The quantitative estimate of drug-likeness (QED) is 0.479. The van der Waals surface area contributed by atoms with Crippen LogP contribution in [-0.2, 0) is 6.42 Å². The molecule has 94 valence electrons. The van der Waals surface area contributed by atoms with Crippen molar-refractivity contribution in [2.75, 3.05) is 13.1 Å². The lowest BCUT2D eigenvalue weighted by Crippen LogP contribution is -2.38. The molecule has 0 bridgehead atoms. The minimum atomic E-state index is 0.662. The van der Waals surface area contributed by atoms with Gasteiger partial charge >= 0.3 is 0 Å². The molecule has 0 aliphatic heterocycles. The largest absolute Gasteiger partial charge is 0.357 e. The van der Waals surface area contributed by atoms with Crippen LogP contribution in [0.15, 0.2) is 17.1 Å². The standard InChI is InChI=1S/C12H18IN3S/c1-2-14-12(16-9-3-4-9)15-8-7-10-5-6-11(13)17-10/h5-6,9H,2-4,7-8H2,1H3,(H2,14,15,16). The van der Waals surface area contributed by atoms with Crippen molar-refractivity contribution in [3.63, 3.8) is 0 Å². The Morgan fingerprint density at radius 2 is 2.35 bits per heavy atom. The summed E-state index contributed by atoms with van der Waals surface area (Å²) in [4.78, 5) is 6.01. The average Bonchev–Trinajstić information content (AvgIpc) is 3.01. The Morgan fingerprint density at radius 3 is 2.94 bits per heavy atom. The van der Waals surface area contributed by atoms with Crippen LogP contribution >= 0.6 is 33.9 Å². The molecule has 0 saturated heterocycles. The molecule has 0 amide bonds. The van der Waals surface area contributed by atoms with E-state index >= 15 is 0 Å². The van der Waals surface area contributed by atoms with Gasteiger partial charge in [-0.3, -0.25) is 4.99 Å². The summed E-state index contributed by atoms with van der Waals surface area (Å²) in [5, 5.41) is 6.71. The molecular weight excluding hydrogens is 345 g/mol. The Hall–Kier alpha value is -0.300. The lowest BCUT2D eigenvalue weighted by Gasteiger charge is -2.09. The molecule has 1 aromatic rings. The molecule has 2 rings (SSSR count). The van der Waals surface area contributed by atoms with Gasteiger partial charge in [0.25, 0.3) is 0 Å². The van der Waals surface area contributed by atoms with Crippen LogP contribution < -0.4 is 10.6 Å². The second-order valence-electron chi connectivity index (χ2n) is 4.14. The number of aliphatic imine (C=N–C) groups is 1. The van der Waals surface area contributed by atoms with Gasteiger partial charge in [0.1, 0.15) is 0 Å². The van der Waals surface area contributed by atoms with E-state index in [9.17, 15) is 0 Å². The predicted octanol–water partition coefficient (Wildman–Crippen LogP) is 2.61. The SMILES string of the molecule is CCNC(=NCCc1ccc(I)s1)NC1CC1. The minimum Gasteiger partial charge on any atom is -0.357 e. The highest BCUT2D eigenvalue weighted by molar-refractivity contribution is 14.1. The van der Waals surface area contributed by atoms with E-state index in [1.165, 1.54) is 20.6 Å². The van der Waals surface area contributed by atoms with Gasteiger partial charge in [-0.05, 0) is 54.5 Å². The van der Waals surface area contributed by atoms with E-state index in [0.29, 0.717) is 6.04 Å². The third-order valence-electron chi connectivity index (χ3n) is 2.52. The summed E-state index contributed by atoms with van der Waals surface area (Å²) in [7, 11) is 0. The third-order valence-corrected chi connectivity index (χ3v) is 4.47. The zero-order valence-corrected chi connectivity index (χ0v) is 13.0. The summed E-state index contributed by atoms with van der Waals surface area (Å²) in [6, 6.07) is 5.02. The Morgan fingerprint density at radius 1 is 1.53 bits per heavy atom. The number of hydrogen-bond acceptors (Lipinski definition) is 2. The van der Waals surface area contributed by atoms with E-state index < -0.39 is 0 Å². The molecule has 0 atom stereocenters. The van der Waals surface area contributed by atoms with Crippen LogP contribution in [0.4, 0.5) is 0 Å². The third kappa shape index (κ3) is 4.83. The second-order valence-corrected chi connectivity index (χ2v) is 7.20. The maximum atomic E-state index is 4.60. The van der Waals surface area contributed by atoms with E-state index in [-0.39, 0.29) is 0 Å². The first-order valence-corrected chi connectivity index (χ1v) is 7.96. The monoisotopic (exact) mass is 363 g/mol. The Balaban J connectivity index is 1.79. The number of hydrogen-bond donors (Lipinski definition) is 2. The van der Waals surface area contributed by atoms with Gasteiger partial charge in [-0.1, -0.05) is 0 Å². The van der Waals surface area contributed by atoms with Crippen LogP contribution in [0.3, 0.4) is 0 Å². The van der Waals surface area contributed by atoms with Crippen LogP contribution in [0, 0.1) is 2.88 Å². The topological polar surface area (TPSA) is 36.4 Å². The molecule has 0 spiro atoms. The first-order valence-electron chi connectivity index (χ1n) is 6.07. The molecule has 5 heteroatoms. The van der Waals surface area contributed by atoms with E-state index in [1.54, 1.807) is 0 Å². The van der Waals surface area contributed by atoms with Crippen molar-refractivity contribution in [1.82, 2.24) is 10.6 Å². The lowest BCUT2D eigenvalue weighted by atomic mass is 10.3. The number of thiophene rings is 1. The van der Waals surface area contributed by atoms with Gasteiger partial charge in [0, 0.05) is 30.4 Å². The molecule has 0 aromatic carbocycles. The smallest absolute Gasteiger partial charge is 0.191 e. The van der Waals surface area contributed by atoms with Gasteiger partial charge in [-0.25, -0.2) is 0 Å². The van der Waals surface area contributed by atoms with Crippen molar-refractivity contribution in [3.05, 3.63) is 19.9 Å². The fourth-order valence-electron chi connectivity index (χ4n) is 1.51. The first kappa shape index (κ1) is 13.1. The number of halogens is 1. The summed E-state index contributed by atoms with van der Waals surface area (Å²) in [6.07, 6.45) is 3.61. The molecule has 0 radical (unpaired) electrons. The van der Waals surface area contributed by atoms with E-state index in [0.717, 1.165) is 25.5 Å². The van der Waals surface area contributed by atoms with Crippen LogP contribution in [0.5, 0.6) is 0 Å². The van der Waals surface area contributed by atoms with Crippen molar-refractivity contribution in [3.8, 4) is 0 Å². The lowest BCUT2D eigenvalue weighted by molar-refractivity contribution is 0.809. The number of rotatable bonds is 5. The molecule has 3 nitrogen and oxygen atoms in total. The van der Waals surface area contributed by atoms with Crippen LogP contribution in [0.25, 0.3) is 0 Å². The van der Waals surface area contributed by atoms with Gasteiger partial charge in [0.2, 0.25) is 0 Å². The summed E-state index contributed by atoms with van der Waals surface area (Å²) >= 11 is 4.22. The molecule has 17 heavy (non-hydrogen) atoms. The van der Waals surface area contributed by atoms with Gasteiger partial charge in [0.15, 0.2) is 5.96 Å². The fourth-order valence-corrected chi connectivity index (χ4v) is 3.25. The number of guanidine groups is 1. The van der Waals surface area contributed by atoms with Gasteiger partial charge in [-0.15, -0.1) is 11.3 Å². The van der Waals surface area contributed by atoms with Crippen molar-refractivity contribution >= 4 is 39.9 Å². The molecule has 1 fully saturated rings. The molecule has 2 N–H and O–H groups in total. The normalized spacial score (nSPS) is 16.0. The van der Waals surface area contributed by atoms with Crippen LogP contribution in [0.2, 0.25) is 0 Å². The predicted molar refractivity (Wildman–Crippen MR) is 82.9 cm³/mol.